The zero-order chi connectivity index (χ0) is 22.7. The van der Waals surface area contributed by atoms with Crippen molar-refractivity contribution in [3.8, 4) is 12.3 Å². The van der Waals surface area contributed by atoms with Gasteiger partial charge in [0.25, 0.3) is 0 Å². The standard InChI is InChI=1S/C25H27N3O4/c1-4-18-13-27-19(14-26-18)12-22(24(29)31-15(2)3)32-25(30)28-23-20-9-5-7-16(20)11-17-8-6-10-21(17)23/h1,11,13-15,22H,5-10,12H2,2-3H3,(H,28,30). The van der Waals surface area contributed by atoms with Gasteiger partial charge in [0.2, 0.25) is 6.10 Å². The lowest BCUT2D eigenvalue weighted by molar-refractivity contribution is -0.157. The monoisotopic (exact) mass is 433 g/mol. The molecule has 0 saturated heterocycles. The Labute approximate surface area is 187 Å². The van der Waals surface area contributed by atoms with E-state index in [0.717, 1.165) is 44.2 Å². The van der Waals surface area contributed by atoms with E-state index in [2.05, 4.69) is 27.3 Å². The number of amides is 1. The number of hydrogen-bond donors (Lipinski definition) is 1. The minimum Gasteiger partial charge on any atom is -0.460 e. The Hall–Kier alpha value is -3.40. The number of fused-ring (bicyclic) bond motifs is 2. The first-order chi connectivity index (χ1) is 15.4. The smallest absolute Gasteiger partial charge is 0.412 e. The van der Waals surface area contributed by atoms with E-state index in [1.165, 1.54) is 34.6 Å². The van der Waals surface area contributed by atoms with Gasteiger partial charge in [-0.25, -0.2) is 14.6 Å². The van der Waals surface area contributed by atoms with Gasteiger partial charge >= 0.3 is 12.1 Å². The molecule has 4 rings (SSSR count). The van der Waals surface area contributed by atoms with E-state index >= 15 is 0 Å². The summed E-state index contributed by atoms with van der Waals surface area (Å²) in [7, 11) is 0. The Bertz CT molecular complexity index is 1040. The van der Waals surface area contributed by atoms with Gasteiger partial charge in [-0.2, -0.15) is 0 Å². The average Bonchev–Trinajstić information content (AvgIpc) is 3.42. The zero-order valence-electron chi connectivity index (χ0n) is 18.4. The van der Waals surface area contributed by atoms with Crippen molar-refractivity contribution in [2.75, 3.05) is 5.32 Å². The average molecular weight is 434 g/mol. The number of carbonyl (C=O) groups is 2. The van der Waals surface area contributed by atoms with Crippen LogP contribution in [0.25, 0.3) is 0 Å². The number of anilines is 1. The minimum absolute atomic E-state index is 0.0435. The maximum absolute atomic E-state index is 12.9. The van der Waals surface area contributed by atoms with Crippen LogP contribution in [-0.4, -0.2) is 34.2 Å². The maximum Gasteiger partial charge on any atom is 0.412 e. The van der Waals surface area contributed by atoms with Crippen LogP contribution in [0.15, 0.2) is 18.5 Å². The van der Waals surface area contributed by atoms with Crippen molar-refractivity contribution in [1.82, 2.24) is 9.97 Å². The maximum atomic E-state index is 12.9. The van der Waals surface area contributed by atoms with Gasteiger partial charge in [0.15, 0.2) is 0 Å². The van der Waals surface area contributed by atoms with E-state index in [0.29, 0.717) is 11.4 Å². The molecule has 2 aromatic rings. The molecule has 1 N–H and O–H groups in total. The number of carbonyl (C=O) groups excluding carboxylic acids is 2. The topological polar surface area (TPSA) is 90.4 Å². The summed E-state index contributed by atoms with van der Waals surface area (Å²) in [6.45, 7) is 3.49. The van der Waals surface area contributed by atoms with Crippen LogP contribution in [0.3, 0.4) is 0 Å². The van der Waals surface area contributed by atoms with E-state index in [-0.39, 0.29) is 12.5 Å². The Morgan fingerprint density at radius 3 is 2.31 bits per heavy atom. The molecule has 1 aromatic heterocycles. The largest absolute Gasteiger partial charge is 0.460 e. The van der Waals surface area contributed by atoms with Gasteiger partial charge in [-0.05, 0) is 80.5 Å². The minimum atomic E-state index is -1.15. The fraction of sp³-hybridized carbons (Fsp3) is 0.440. The van der Waals surface area contributed by atoms with Crippen LogP contribution in [0, 0.1) is 12.3 Å². The molecule has 0 radical (unpaired) electrons. The lowest BCUT2D eigenvalue weighted by Gasteiger charge is -2.20. The first-order valence-corrected chi connectivity index (χ1v) is 11.1. The van der Waals surface area contributed by atoms with E-state index in [1.54, 1.807) is 13.8 Å². The van der Waals surface area contributed by atoms with Crippen LogP contribution in [0.4, 0.5) is 10.5 Å². The summed E-state index contributed by atoms with van der Waals surface area (Å²) in [5.41, 5.74) is 6.73. The van der Waals surface area contributed by atoms with Gasteiger partial charge in [0, 0.05) is 6.42 Å². The highest BCUT2D eigenvalue weighted by molar-refractivity contribution is 5.90. The van der Waals surface area contributed by atoms with Crippen molar-refractivity contribution in [3.63, 3.8) is 0 Å². The number of ether oxygens (including phenoxy) is 2. The molecule has 0 fully saturated rings. The number of aryl methyl sites for hydroxylation is 2. The molecule has 1 atom stereocenters. The lowest BCUT2D eigenvalue weighted by atomic mass is 9.99. The number of terminal acetylenes is 1. The van der Waals surface area contributed by atoms with Crippen LogP contribution in [-0.2, 0) is 46.4 Å². The normalized spacial score (nSPS) is 14.9. The first kappa shape index (κ1) is 21.8. The molecule has 1 amide bonds. The molecule has 1 unspecified atom stereocenters. The van der Waals surface area contributed by atoms with Gasteiger partial charge in [0.1, 0.15) is 5.69 Å². The van der Waals surface area contributed by atoms with E-state index in [1.807, 2.05) is 0 Å². The summed E-state index contributed by atoms with van der Waals surface area (Å²) in [5.74, 6) is 1.77. The number of aromatic nitrogens is 2. The molecule has 0 aliphatic heterocycles. The van der Waals surface area contributed by atoms with Crippen molar-refractivity contribution in [2.24, 2.45) is 0 Å². The second-order valence-electron chi connectivity index (χ2n) is 8.48. The Kier molecular flexibility index (Phi) is 6.40. The fourth-order valence-corrected chi connectivity index (χ4v) is 4.43. The molecule has 2 aliphatic carbocycles. The summed E-state index contributed by atoms with van der Waals surface area (Å²) in [5, 5.41) is 2.95. The third-order valence-electron chi connectivity index (χ3n) is 5.81. The summed E-state index contributed by atoms with van der Waals surface area (Å²) in [4.78, 5) is 33.8. The van der Waals surface area contributed by atoms with E-state index < -0.39 is 18.2 Å². The quantitative estimate of drug-likeness (QED) is 0.554. The molecular formula is C25H27N3O4. The van der Waals surface area contributed by atoms with Crippen LogP contribution in [0.5, 0.6) is 0 Å². The number of nitrogens with one attached hydrogen (secondary N) is 1. The summed E-state index contributed by atoms with van der Waals surface area (Å²) in [6, 6.07) is 2.29. The molecule has 7 heteroatoms. The molecular weight excluding hydrogens is 406 g/mol. The van der Waals surface area contributed by atoms with Crippen LogP contribution in [0.1, 0.15) is 60.3 Å². The van der Waals surface area contributed by atoms with Gasteiger partial charge < -0.3 is 9.47 Å². The predicted molar refractivity (Wildman–Crippen MR) is 119 cm³/mol. The van der Waals surface area contributed by atoms with Crippen LogP contribution >= 0.6 is 0 Å². The SMILES string of the molecule is C#Cc1cnc(CC(OC(=O)Nc2c3c(cc4c2CCC4)CCC3)C(=O)OC(C)C)cn1. The molecule has 7 nitrogen and oxygen atoms in total. The van der Waals surface area contributed by atoms with Crippen LogP contribution in [0.2, 0.25) is 0 Å². The second kappa shape index (κ2) is 9.39. The molecule has 0 bridgehead atoms. The Balaban J connectivity index is 1.53. The van der Waals surface area contributed by atoms with Crippen molar-refractivity contribution in [2.45, 2.75) is 71.0 Å². The van der Waals surface area contributed by atoms with Gasteiger partial charge in [-0.15, -0.1) is 6.42 Å². The van der Waals surface area contributed by atoms with Crippen LogP contribution < -0.4 is 5.32 Å². The van der Waals surface area contributed by atoms with Crippen molar-refractivity contribution >= 4 is 17.7 Å². The van der Waals surface area contributed by atoms with Gasteiger partial charge in [0.05, 0.1) is 29.9 Å². The lowest BCUT2D eigenvalue weighted by Crippen LogP contribution is -2.34. The van der Waals surface area contributed by atoms with E-state index in [4.69, 9.17) is 15.9 Å². The highest BCUT2D eigenvalue weighted by atomic mass is 16.6. The molecule has 166 valence electrons. The highest BCUT2D eigenvalue weighted by Crippen LogP contribution is 2.38. The Morgan fingerprint density at radius 2 is 1.75 bits per heavy atom. The highest BCUT2D eigenvalue weighted by Gasteiger charge is 2.29. The number of esters is 1. The number of benzene rings is 1. The summed E-state index contributed by atoms with van der Waals surface area (Å²) < 4.78 is 10.9. The molecule has 32 heavy (non-hydrogen) atoms. The van der Waals surface area contributed by atoms with Gasteiger partial charge in [-0.3, -0.25) is 10.3 Å². The predicted octanol–water partition coefficient (Wildman–Crippen LogP) is 3.55. The Morgan fingerprint density at radius 1 is 1.06 bits per heavy atom. The van der Waals surface area contributed by atoms with Gasteiger partial charge in [-0.1, -0.05) is 6.07 Å². The number of rotatable bonds is 6. The zero-order valence-corrected chi connectivity index (χ0v) is 18.4. The van der Waals surface area contributed by atoms with Crippen molar-refractivity contribution in [3.05, 3.63) is 52.1 Å². The first-order valence-electron chi connectivity index (χ1n) is 11.1. The van der Waals surface area contributed by atoms with Crippen molar-refractivity contribution in [1.29, 1.82) is 0 Å². The molecule has 1 heterocycles. The third-order valence-corrected chi connectivity index (χ3v) is 5.81. The van der Waals surface area contributed by atoms with Crippen molar-refractivity contribution < 1.29 is 19.1 Å². The molecule has 0 saturated carbocycles. The molecule has 0 spiro atoms. The second-order valence-corrected chi connectivity index (χ2v) is 8.48. The number of nitrogens with zero attached hydrogens (tertiary/aromatic N) is 2. The summed E-state index contributed by atoms with van der Waals surface area (Å²) >= 11 is 0. The molecule has 1 aromatic carbocycles. The fourth-order valence-electron chi connectivity index (χ4n) is 4.43. The third kappa shape index (κ3) is 4.75. The summed E-state index contributed by atoms with van der Waals surface area (Å²) in [6.07, 6.45) is 12.2. The molecule has 2 aliphatic rings. The van der Waals surface area contributed by atoms with E-state index in [9.17, 15) is 9.59 Å². The number of hydrogen-bond acceptors (Lipinski definition) is 6.